The number of aromatic carboxylic acids is 1. The molecule has 0 unspecified atom stereocenters. The second kappa shape index (κ2) is 6.37. The molecule has 0 fully saturated rings. The number of hydrogen-bond acceptors (Lipinski definition) is 2. The van der Waals surface area contributed by atoms with E-state index in [1.54, 1.807) is 12.3 Å². The van der Waals surface area contributed by atoms with Crippen LogP contribution in [-0.4, -0.2) is 16.1 Å². The second-order valence-corrected chi connectivity index (χ2v) is 6.21. The van der Waals surface area contributed by atoms with E-state index in [0.29, 0.717) is 12.0 Å². The van der Waals surface area contributed by atoms with E-state index in [1.165, 1.54) is 34.0 Å². The predicted molar refractivity (Wildman–Crippen MR) is 91.7 cm³/mol. The maximum absolute atomic E-state index is 11.3. The zero-order valence-corrected chi connectivity index (χ0v) is 13.6. The van der Waals surface area contributed by atoms with Gasteiger partial charge < -0.3 is 5.11 Å². The number of pyridine rings is 1. The molecule has 0 spiro atoms. The molecule has 1 N–H and O–H groups in total. The Balaban J connectivity index is 1.86. The van der Waals surface area contributed by atoms with Gasteiger partial charge in [-0.1, -0.05) is 23.8 Å². The molecule has 0 atom stereocenters. The molecular formula is C20H21NO2. The molecule has 0 aliphatic heterocycles. The highest BCUT2D eigenvalue weighted by atomic mass is 16.4. The first-order chi connectivity index (χ1) is 11.1. The Kier molecular flexibility index (Phi) is 4.28. The minimum absolute atomic E-state index is 0.358. The zero-order chi connectivity index (χ0) is 16.4. The summed E-state index contributed by atoms with van der Waals surface area (Å²) in [5.74, 6) is -0.882. The van der Waals surface area contributed by atoms with Gasteiger partial charge in [-0.3, -0.25) is 4.98 Å². The summed E-state index contributed by atoms with van der Waals surface area (Å²) < 4.78 is 0. The third-order valence-electron chi connectivity index (χ3n) is 4.55. The number of aryl methyl sites for hydroxylation is 3. The summed E-state index contributed by atoms with van der Waals surface area (Å²) in [6.45, 7) is 4.31. The fourth-order valence-electron chi connectivity index (χ4n) is 3.46. The summed E-state index contributed by atoms with van der Waals surface area (Å²) in [5, 5.41) is 9.29. The van der Waals surface area contributed by atoms with Crippen molar-refractivity contribution < 1.29 is 9.90 Å². The molecule has 1 aliphatic carbocycles. The van der Waals surface area contributed by atoms with Crippen molar-refractivity contribution >= 4 is 11.5 Å². The Bertz CT molecular complexity index is 790. The van der Waals surface area contributed by atoms with Crippen molar-refractivity contribution in [3.05, 3.63) is 70.0 Å². The number of benzene rings is 1. The van der Waals surface area contributed by atoms with Crippen molar-refractivity contribution in [3.8, 4) is 0 Å². The number of rotatable bonds is 4. The van der Waals surface area contributed by atoms with Gasteiger partial charge in [0.2, 0.25) is 0 Å². The molecule has 3 rings (SSSR count). The van der Waals surface area contributed by atoms with Crippen LogP contribution in [0, 0.1) is 13.8 Å². The summed E-state index contributed by atoms with van der Waals surface area (Å²) in [6.07, 6.45) is 9.22. The van der Waals surface area contributed by atoms with Crippen molar-refractivity contribution in [1.82, 2.24) is 4.98 Å². The van der Waals surface area contributed by atoms with Gasteiger partial charge in [0.15, 0.2) is 0 Å². The van der Waals surface area contributed by atoms with E-state index in [0.717, 1.165) is 24.8 Å². The van der Waals surface area contributed by atoms with E-state index in [4.69, 9.17) is 0 Å². The van der Waals surface area contributed by atoms with Crippen LogP contribution in [0.2, 0.25) is 0 Å². The minimum atomic E-state index is -0.882. The Morgan fingerprint density at radius 2 is 2.09 bits per heavy atom. The lowest BCUT2D eigenvalue weighted by atomic mass is 9.84. The molecule has 1 aromatic heterocycles. The van der Waals surface area contributed by atoms with Gasteiger partial charge >= 0.3 is 5.97 Å². The Morgan fingerprint density at radius 3 is 2.87 bits per heavy atom. The van der Waals surface area contributed by atoms with Crippen molar-refractivity contribution in [2.45, 2.75) is 39.5 Å². The number of fused-ring (bicyclic) bond motifs is 1. The molecule has 2 aromatic rings. The van der Waals surface area contributed by atoms with E-state index in [1.807, 2.05) is 0 Å². The number of carboxylic acids is 1. The average molecular weight is 307 g/mol. The molecule has 0 saturated carbocycles. The van der Waals surface area contributed by atoms with Gasteiger partial charge in [-0.05, 0) is 73.4 Å². The van der Waals surface area contributed by atoms with E-state index in [9.17, 15) is 9.90 Å². The molecule has 0 radical (unpaired) electrons. The highest BCUT2D eigenvalue weighted by molar-refractivity contribution is 5.89. The fourth-order valence-corrected chi connectivity index (χ4v) is 3.46. The highest BCUT2D eigenvalue weighted by Crippen LogP contribution is 2.32. The number of hydrogen-bond donors (Lipinski definition) is 1. The largest absolute Gasteiger partial charge is 0.478 e. The Labute approximate surface area is 136 Å². The first-order valence-electron chi connectivity index (χ1n) is 8.02. The van der Waals surface area contributed by atoms with Gasteiger partial charge in [-0.25, -0.2) is 4.79 Å². The van der Waals surface area contributed by atoms with Gasteiger partial charge in [0.25, 0.3) is 0 Å². The lowest BCUT2D eigenvalue weighted by Gasteiger charge is -2.21. The number of allylic oxidation sites excluding steroid dienone is 2. The van der Waals surface area contributed by atoms with E-state index >= 15 is 0 Å². The molecule has 1 heterocycles. The van der Waals surface area contributed by atoms with Gasteiger partial charge in [0.05, 0.1) is 5.56 Å². The van der Waals surface area contributed by atoms with Gasteiger partial charge in [-0.15, -0.1) is 0 Å². The topological polar surface area (TPSA) is 50.2 Å². The third-order valence-corrected chi connectivity index (χ3v) is 4.55. The maximum Gasteiger partial charge on any atom is 0.336 e. The summed E-state index contributed by atoms with van der Waals surface area (Å²) in [5.41, 5.74) is 7.92. The first-order valence-corrected chi connectivity index (χ1v) is 8.02. The standard InChI is InChI=1S/C20H21NO2/c1-13-10-14(2)17-5-3-4-15(19(17)11-13)6-7-16-12-21-9-8-18(16)20(22)23/h4,8-12H,3,5-7H2,1-2H3,(H,22,23). The van der Waals surface area contributed by atoms with Crippen molar-refractivity contribution in [2.24, 2.45) is 0 Å². The molecule has 0 bridgehead atoms. The molecule has 3 nitrogen and oxygen atoms in total. The van der Waals surface area contributed by atoms with Crippen LogP contribution in [0.5, 0.6) is 0 Å². The van der Waals surface area contributed by atoms with Crippen molar-refractivity contribution in [1.29, 1.82) is 0 Å². The van der Waals surface area contributed by atoms with Crippen molar-refractivity contribution in [3.63, 3.8) is 0 Å². The zero-order valence-electron chi connectivity index (χ0n) is 13.6. The van der Waals surface area contributed by atoms with E-state index < -0.39 is 5.97 Å². The van der Waals surface area contributed by atoms with Crippen LogP contribution in [0.15, 0.2) is 36.7 Å². The molecule has 0 amide bonds. The molecule has 1 aromatic carbocycles. The lowest BCUT2D eigenvalue weighted by molar-refractivity contribution is 0.0695. The monoisotopic (exact) mass is 307 g/mol. The highest BCUT2D eigenvalue weighted by Gasteiger charge is 2.16. The molecular weight excluding hydrogens is 286 g/mol. The summed E-state index contributed by atoms with van der Waals surface area (Å²) >= 11 is 0. The number of aromatic nitrogens is 1. The first kappa shape index (κ1) is 15.5. The van der Waals surface area contributed by atoms with Crippen LogP contribution in [0.3, 0.4) is 0 Å². The van der Waals surface area contributed by atoms with Crippen LogP contribution in [0.25, 0.3) is 5.57 Å². The number of carboxylic acid groups (broad SMARTS) is 1. The van der Waals surface area contributed by atoms with E-state index in [2.05, 4.69) is 37.0 Å². The summed E-state index contributed by atoms with van der Waals surface area (Å²) in [4.78, 5) is 15.4. The van der Waals surface area contributed by atoms with Crippen molar-refractivity contribution in [2.75, 3.05) is 0 Å². The quantitative estimate of drug-likeness (QED) is 0.913. The lowest BCUT2D eigenvalue weighted by Crippen LogP contribution is -2.06. The molecule has 118 valence electrons. The van der Waals surface area contributed by atoms with Crippen LogP contribution >= 0.6 is 0 Å². The fraction of sp³-hybridized carbons (Fsp3) is 0.300. The van der Waals surface area contributed by atoms with Crippen LogP contribution in [0.1, 0.15) is 51.0 Å². The SMILES string of the molecule is Cc1cc(C)c2c(c1)C(CCc1cnccc1C(=O)O)=CCC2. The average Bonchev–Trinajstić information content (AvgIpc) is 2.53. The van der Waals surface area contributed by atoms with Crippen LogP contribution in [0.4, 0.5) is 0 Å². The Morgan fingerprint density at radius 1 is 1.26 bits per heavy atom. The molecule has 3 heteroatoms. The van der Waals surface area contributed by atoms with Gasteiger partial charge in [-0.2, -0.15) is 0 Å². The van der Waals surface area contributed by atoms with Crippen LogP contribution in [-0.2, 0) is 12.8 Å². The molecule has 0 saturated heterocycles. The van der Waals surface area contributed by atoms with E-state index in [-0.39, 0.29) is 0 Å². The summed E-state index contributed by atoms with van der Waals surface area (Å²) in [7, 11) is 0. The predicted octanol–water partition coefficient (Wildman–Crippen LogP) is 4.36. The Hall–Kier alpha value is -2.42. The smallest absolute Gasteiger partial charge is 0.336 e. The molecule has 23 heavy (non-hydrogen) atoms. The normalized spacial score (nSPS) is 13.4. The second-order valence-electron chi connectivity index (χ2n) is 6.21. The number of carbonyl (C=O) groups is 1. The summed E-state index contributed by atoms with van der Waals surface area (Å²) in [6, 6.07) is 6.08. The van der Waals surface area contributed by atoms with Gasteiger partial charge in [0, 0.05) is 12.4 Å². The van der Waals surface area contributed by atoms with Gasteiger partial charge in [0.1, 0.15) is 0 Å². The minimum Gasteiger partial charge on any atom is -0.478 e. The molecule has 1 aliphatic rings. The third kappa shape index (κ3) is 3.19. The maximum atomic E-state index is 11.3. The van der Waals surface area contributed by atoms with Crippen LogP contribution < -0.4 is 0 Å². The number of nitrogens with zero attached hydrogens (tertiary/aromatic N) is 1.